The molecule has 1 aliphatic rings. The number of hydrogen-bond donors (Lipinski definition) is 0. The SMILES string of the molecule is CC(C)(C)OC(=O)N1CCC(C)(c2cc3cc(-c4ccc(S(C)(=O)=O)cc4)ncc3o2)CC1. The predicted octanol–water partition coefficient (Wildman–Crippen LogP) is 5.19. The topological polar surface area (TPSA) is 89.7 Å². The standard InChI is InChI=1S/C25H30N2O5S/c1-24(2,3)32-23(28)27-12-10-25(4,11-13-27)22-15-18-14-20(26-16-21(18)31-22)17-6-8-19(9-7-17)33(5,29)30/h6-9,14-16H,10-13H2,1-5H3. The van der Waals surface area contributed by atoms with Crippen LogP contribution in [0.3, 0.4) is 0 Å². The van der Waals surface area contributed by atoms with Gasteiger partial charge in [-0.25, -0.2) is 13.2 Å². The number of fused-ring (bicyclic) bond motifs is 1. The van der Waals surface area contributed by atoms with E-state index in [0.29, 0.717) is 18.7 Å². The van der Waals surface area contributed by atoms with Crippen molar-refractivity contribution in [3.63, 3.8) is 0 Å². The summed E-state index contributed by atoms with van der Waals surface area (Å²) in [6.07, 6.45) is 4.18. The third-order valence-corrected chi connectivity index (χ3v) is 7.22. The summed E-state index contributed by atoms with van der Waals surface area (Å²) in [5.74, 6) is 0.882. The minimum Gasteiger partial charge on any atom is -0.459 e. The van der Waals surface area contributed by atoms with Crippen LogP contribution in [0.4, 0.5) is 4.79 Å². The summed E-state index contributed by atoms with van der Waals surface area (Å²) in [6.45, 7) is 8.99. The van der Waals surface area contributed by atoms with E-state index >= 15 is 0 Å². The maximum absolute atomic E-state index is 12.4. The Morgan fingerprint density at radius 2 is 1.76 bits per heavy atom. The molecule has 8 heteroatoms. The zero-order valence-electron chi connectivity index (χ0n) is 19.7. The molecule has 1 saturated heterocycles. The molecule has 0 unspecified atom stereocenters. The quantitative estimate of drug-likeness (QED) is 0.523. The van der Waals surface area contributed by atoms with Crippen molar-refractivity contribution >= 4 is 26.9 Å². The van der Waals surface area contributed by atoms with Gasteiger partial charge in [-0.2, -0.15) is 0 Å². The van der Waals surface area contributed by atoms with Gasteiger partial charge in [-0.05, 0) is 57.9 Å². The molecule has 0 aliphatic carbocycles. The molecular formula is C25H30N2O5S. The van der Waals surface area contributed by atoms with Crippen LogP contribution in [0.1, 0.15) is 46.3 Å². The number of rotatable bonds is 3. The first kappa shape index (κ1) is 23.3. The van der Waals surface area contributed by atoms with Gasteiger partial charge in [0.15, 0.2) is 15.4 Å². The number of likely N-dealkylation sites (tertiary alicyclic amines) is 1. The molecule has 33 heavy (non-hydrogen) atoms. The highest BCUT2D eigenvalue weighted by molar-refractivity contribution is 7.90. The van der Waals surface area contributed by atoms with Gasteiger partial charge in [-0.1, -0.05) is 19.1 Å². The van der Waals surface area contributed by atoms with Crippen LogP contribution in [0, 0.1) is 0 Å². The summed E-state index contributed by atoms with van der Waals surface area (Å²) >= 11 is 0. The third-order valence-electron chi connectivity index (χ3n) is 6.10. The van der Waals surface area contributed by atoms with Crippen molar-refractivity contribution in [2.75, 3.05) is 19.3 Å². The molecule has 0 saturated carbocycles. The Morgan fingerprint density at radius 3 is 2.33 bits per heavy atom. The number of hydrogen-bond acceptors (Lipinski definition) is 6. The minimum atomic E-state index is -3.24. The zero-order valence-corrected chi connectivity index (χ0v) is 20.5. The van der Waals surface area contributed by atoms with E-state index in [1.54, 1.807) is 35.4 Å². The van der Waals surface area contributed by atoms with E-state index in [1.165, 1.54) is 6.26 Å². The Hall–Kier alpha value is -2.87. The van der Waals surface area contributed by atoms with Crippen molar-refractivity contribution in [2.45, 2.75) is 56.4 Å². The summed E-state index contributed by atoms with van der Waals surface area (Å²) in [6, 6.07) is 10.7. The van der Waals surface area contributed by atoms with Crippen LogP contribution in [0.5, 0.6) is 0 Å². The monoisotopic (exact) mass is 470 g/mol. The van der Waals surface area contributed by atoms with Crippen molar-refractivity contribution in [3.8, 4) is 11.3 Å². The summed E-state index contributed by atoms with van der Waals surface area (Å²) in [5.41, 5.74) is 1.60. The van der Waals surface area contributed by atoms with Gasteiger partial charge in [0.05, 0.1) is 16.8 Å². The molecule has 1 aromatic carbocycles. The molecule has 1 amide bonds. The second kappa shape index (κ2) is 8.17. The van der Waals surface area contributed by atoms with E-state index in [2.05, 4.69) is 18.0 Å². The lowest BCUT2D eigenvalue weighted by molar-refractivity contribution is 0.0162. The number of carbonyl (C=O) groups excluding carboxylic acids is 1. The predicted molar refractivity (Wildman–Crippen MR) is 127 cm³/mol. The number of benzene rings is 1. The molecule has 0 N–H and O–H groups in total. The Kier molecular flexibility index (Phi) is 5.76. The smallest absolute Gasteiger partial charge is 0.410 e. The second-order valence-electron chi connectivity index (χ2n) is 10.0. The van der Waals surface area contributed by atoms with E-state index in [0.717, 1.165) is 35.2 Å². The van der Waals surface area contributed by atoms with Crippen molar-refractivity contribution in [2.24, 2.45) is 0 Å². The average Bonchev–Trinajstić information content (AvgIpc) is 3.17. The Bertz CT molecular complexity index is 1280. The minimum absolute atomic E-state index is 0.186. The normalized spacial score (nSPS) is 16.7. The number of pyridine rings is 1. The van der Waals surface area contributed by atoms with Crippen LogP contribution in [0.25, 0.3) is 22.2 Å². The van der Waals surface area contributed by atoms with Crippen LogP contribution in [0.15, 0.2) is 51.9 Å². The van der Waals surface area contributed by atoms with Gasteiger partial charge in [0, 0.05) is 35.7 Å². The van der Waals surface area contributed by atoms with Crippen LogP contribution >= 0.6 is 0 Å². The Morgan fingerprint density at radius 1 is 1.12 bits per heavy atom. The van der Waals surface area contributed by atoms with E-state index in [9.17, 15) is 13.2 Å². The van der Waals surface area contributed by atoms with Crippen molar-refractivity contribution < 1.29 is 22.4 Å². The number of piperidine rings is 1. The Balaban J connectivity index is 1.52. The highest BCUT2D eigenvalue weighted by atomic mass is 32.2. The maximum Gasteiger partial charge on any atom is 0.410 e. The van der Waals surface area contributed by atoms with Crippen LogP contribution in [-0.4, -0.2) is 49.3 Å². The molecule has 3 aromatic rings. The fourth-order valence-corrected chi connectivity index (χ4v) is 4.66. The number of ether oxygens (including phenoxy) is 1. The number of nitrogens with zero attached hydrogens (tertiary/aromatic N) is 2. The lowest BCUT2D eigenvalue weighted by Gasteiger charge is -2.38. The molecule has 0 bridgehead atoms. The lowest BCUT2D eigenvalue weighted by Crippen LogP contribution is -2.45. The average molecular weight is 471 g/mol. The van der Waals surface area contributed by atoms with E-state index in [4.69, 9.17) is 9.15 Å². The van der Waals surface area contributed by atoms with E-state index < -0.39 is 15.4 Å². The van der Waals surface area contributed by atoms with E-state index in [-0.39, 0.29) is 16.4 Å². The van der Waals surface area contributed by atoms with Gasteiger partial charge in [0.1, 0.15) is 11.4 Å². The fourth-order valence-electron chi connectivity index (χ4n) is 4.03. The molecule has 2 aromatic heterocycles. The van der Waals surface area contributed by atoms with Crippen LogP contribution in [0.2, 0.25) is 0 Å². The number of furan rings is 1. The van der Waals surface area contributed by atoms with Crippen molar-refractivity contribution in [1.29, 1.82) is 0 Å². The maximum atomic E-state index is 12.4. The lowest BCUT2D eigenvalue weighted by atomic mass is 9.78. The van der Waals surface area contributed by atoms with Crippen LogP contribution < -0.4 is 0 Å². The second-order valence-corrected chi connectivity index (χ2v) is 12.1. The van der Waals surface area contributed by atoms with Gasteiger partial charge in [-0.3, -0.25) is 4.98 Å². The molecule has 0 radical (unpaired) electrons. The van der Waals surface area contributed by atoms with Gasteiger partial charge in [0.2, 0.25) is 0 Å². The zero-order chi connectivity index (χ0) is 24.0. The summed E-state index contributed by atoms with van der Waals surface area (Å²) < 4.78 is 35.1. The molecule has 7 nitrogen and oxygen atoms in total. The fraction of sp³-hybridized carbons (Fsp3) is 0.440. The summed E-state index contributed by atoms with van der Waals surface area (Å²) in [5, 5.41) is 0.943. The highest BCUT2D eigenvalue weighted by Gasteiger charge is 2.37. The molecule has 4 rings (SSSR count). The largest absolute Gasteiger partial charge is 0.459 e. The first-order valence-electron chi connectivity index (χ1n) is 11.0. The van der Waals surface area contributed by atoms with Crippen molar-refractivity contribution in [1.82, 2.24) is 9.88 Å². The van der Waals surface area contributed by atoms with E-state index in [1.807, 2.05) is 26.8 Å². The first-order valence-corrected chi connectivity index (χ1v) is 12.9. The molecular weight excluding hydrogens is 440 g/mol. The number of sulfone groups is 1. The van der Waals surface area contributed by atoms with Crippen molar-refractivity contribution in [3.05, 3.63) is 48.4 Å². The molecule has 1 fully saturated rings. The molecule has 0 atom stereocenters. The Labute approximate surface area is 194 Å². The highest BCUT2D eigenvalue weighted by Crippen LogP contribution is 2.38. The number of amides is 1. The van der Waals surface area contributed by atoms with Crippen LogP contribution in [-0.2, 0) is 20.0 Å². The molecule has 0 spiro atoms. The molecule has 3 heterocycles. The molecule has 1 aliphatic heterocycles. The number of aromatic nitrogens is 1. The third kappa shape index (κ3) is 5.05. The molecule has 176 valence electrons. The van der Waals surface area contributed by atoms with Gasteiger partial charge < -0.3 is 14.1 Å². The summed E-state index contributed by atoms with van der Waals surface area (Å²) in [7, 11) is -3.24. The number of carbonyl (C=O) groups is 1. The first-order chi connectivity index (χ1) is 15.3. The summed E-state index contributed by atoms with van der Waals surface area (Å²) in [4.78, 5) is 18.9. The van der Waals surface area contributed by atoms with Gasteiger partial charge in [-0.15, -0.1) is 0 Å². The van der Waals surface area contributed by atoms with Gasteiger partial charge >= 0.3 is 6.09 Å². The van der Waals surface area contributed by atoms with Gasteiger partial charge in [0.25, 0.3) is 0 Å².